The van der Waals surface area contributed by atoms with Gasteiger partial charge >= 0.3 is 0 Å². The first kappa shape index (κ1) is 31.7. The minimum atomic E-state index is -4.13. The zero-order chi connectivity index (χ0) is 30.0. The molecule has 0 aliphatic carbocycles. The van der Waals surface area contributed by atoms with Crippen molar-refractivity contribution in [1.82, 2.24) is 10.2 Å². The van der Waals surface area contributed by atoms with Crippen LogP contribution in [0.15, 0.2) is 77.7 Å². The standard InChI is InChI=1S/C32H41N3O5S/c1-6-21-33-32(37)30(7-2)34(22-26-13-9-24(4)10-14-26)31(36)23-35(27-15-17-28(18-16-27)40-8-3)41(38,39)29-19-11-25(5)12-20-29/h9-20,30H,6-8,21-23H2,1-5H3,(H,33,37)/t30-/m0/s1. The summed E-state index contributed by atoms with van der Waals surface area (Å²) in [6.45, 7) is 10.2. The first-order chi connectivity index (χ1) is 19.6. The number of amides is 2. The van der Waals surface area contributed by atoms with Gasteiger partial charge < -0.3 is 15.0 Å². The summed E-state index contributed by atoms with van der Waals surface area (Å²) in [7, 11) is -4.13. The van der Waals surface area contributed by atoms with Crippen LogP contribution in [-0.2, 0) is 26.2 Å². The maximum atomic E-state index is 14.1. The fraction of sp³-hybridized carbons (Fsp3) is 0.375. The zero-order valence-corrected chi connectivity index (χ0v) is 25.4. The normalized spacial score (nSPS) is 11.9. The Hall–Kier alpha value is -3.85. The Kier molecular flexibility index (Phi) is 11.3. The third-order valence-electron chi connectivity index (χ3n) is 6.73. The van der Waals surface area contributed by atoms with Gasteiger partial charge in [0.2, 0.25) is 11.8 Å². The van der Waals surface area contributed by atoms with Gasteiger partial charge in [-0.15, -0.1) is 0 Å². The minimum absolute atomic E-state index is 0.0719. The van der Waals surface area contributed by atoms with Crippen LogP contribution in [0.4, 0.5) is 5.69 Å². The molecule has 0 aromatic heterocycles. The predicted octanol–water partition coefficient (Wildman–Crippen LogP) is 5.23. The third kappa shape index (κ3) is 8.33. The van der Waals surface area contributed by atoms with E-state index in [-0.39, 0.29) is 17.3 Å². The number of nitrogens with zero attached hydrogens (tertiary/aromatic N) is 2. The lowest BCUT2D eigenvalue weighted by Crippen LogP contribution is -2.52. The molecule has 8 nitrogen and oxygen atoms in total. The topological polar surface area (TPSA) is 96.0 Å². The highest BCUT2D eigenvalue weighted by atomic mass is 32.2. The average molecular weight is 580 g/mol. The third-order valence-corrected chi connectivity index (χ3v) is 8.52. The molecular formula is C32H41N3O5S. The molecule has 220 valence electrons. The molecule has 3 aromatic carbocycles. The van der Waals surface area contributed by atoms with Crippen LogP contribution in [0.3, 0.4) is 0 Å². The molecular weight excluding hydrogens is 538 g/mol. The van der Waals surface area contributed by atoms with E-state index in [0.29, 0.717) is 31.0 Å². The van der Waals surface area contributed by atoms with E-state index in [4.69, 9.17) is 4.74 Å². The Labute approximate surface area is 244 Å². The molecule has 3 aromatic rings. The van der Waals surface area contributed by atoms with Crippen LogP contribution in [0.5, 0.6) is 5.75 Å². The van der Waals surface area contributed by atoms with E-state index in [2.05, 4.69) is 5.32 Å². The monoisotopic (exact) mass is 579 g/mol. The molecule has 1 atom stereocenters. The minimum Gasteiger partial charge on any atom is -0.494 e. The fourth-order valence-corrected chi connectivity index (χ4v) is 5.83. The van der Waals surface area contributed by atoms with Crippen molar-refractivity contribution in [1.29, 1.82) is 0 Å². The maximum Gasteiger partial charge on any atom is 0.264 e. The van der Waals surface area contributed by atoms with Crippen LogP contribution >= 0.6 is 0 Å². The molecule has 0 saturated carbocycles. The summed E-state index contributed by atoms with van der Waals surface area (Å²) in [5, 5.41) is 2.90. The molecule has 0 saturated heterocycles. The Morgan fingerprint density at radius 2 is 1.44 bits per heavy atom. The molecule has 0 heterocycles. The quantitative estimate of drug-likeness (QED) is 0.282. The van der Waals surface area contributed by atoms with Crippen molar-refractivity contribution >= 4 is 27.5 Å². The van der Waals surface area contributed by atoms with Gasteiger partial charge in [0.05, 0.1) is 17.2 Å². The molecule has 0 radical (unpaired) electrons. The number of ether oxygens (including phenoxy) is 1. The predicted molar refractivity (Wildman–Crippen MR) is 162 cm³/mol. The van der Waals surface area contributed by atoms with Crippen LogP contribution in [0.1, 0.15) is 50.3 Å². The van der Waals surface area contributed by atoms with Crippen molar-refractivity contribution in [3.8, 4) is 5.75 Å². The van der Waals surface area contributed by atoms with E-state index in [1.165, 1.54) is 17.0 Å². The van der Waals surface area contributed by atoms with Crippen LogP contribution in [0.2, 0.25) is 0 Å². The maximum absolute atomic E-state index is 14.1. The van der Waals surface area contributed by atoms with Gasteiger partial charge in [-0.05, 0) is 75.6 Å². The Morgan fingerprint density at radius 1 is 0.854 bits per heavy atom. The molecule has 9 heteroatoms. The lowest BCUT2D eigenvalue weighted by Gasteiger charge is -2.33. The summed E-state index contributed by atoms with van der Waals surface area (Å²) in [6.07, 6.45) is 1.13. The van der Waals surface area contributed by atoms with Gasteiger partial charge in [-0.25, -0.2) is 8.42 Å². The number of carbonyl (C=O) groups is 2. The molecule has 41 heavy (non-hydrogen) atoms. The van der Waals surface area contributed by atoms with E-state index in [1.807, 2.05) is 58.9 Å². The van der Waals surface area contributed by atoms with Gasteiger partial charge in [-0.3, -0.25) is 13.9 Å². The number of carbonyl (C=O) groups excluding carboxylic acids is 2. The second kappa shape index (κ2) is 14.7. The molecule has 0 bridgehead atoms. The van der Waals surface area contributed by atoms with Crippen molar-refractivity contribution in [2.45, 2.75) is 64.9 Å². The molecule has 0 aliphatic heterocycles. The van der Waals surface area contributed by atoms with Crippen molar-refractivity contribution in [2.24, 2.45) is 0 Å². The number of sulfonamides is 1. The molecule has 3 rings (SSSR count). The smallest absolute Gasteiger partial charge is 0.264 e. The number of hydrogen-bond donors (Lipinski definition) is 1. The molecule has 0 unspecified atom stereocenters. The van der Waals surface area contributed by atoms with Gasteiger partial charge in [0.25, 0.3) is 10.0 Å². The Bertz CT molecular complexity index is 1390. The van der Waals surface area contributed by atoms with Crippen LogP contribution in [0, 0.1) is 13.8 Å². The highest BCUT2D eigenvalue weighted by Crippen LogP contribution is 2.27. The van der Waals surface area contributed by atoms with E-state index < -0.39 is 28.5 Å². The van der Waals surface area contributed by atoms with Crippen molar-refractivity contribution in [3.05, 3.63) is 89.5 Å². The van der Waals surface area contributed by atoms with Gasteiger partial charge in [0, 0.05) is 13.1 Å². The Morgan fingerprint density at radius 3 is 1.98 bits per heavy atom. The zero-order valence-electron chi connectivity index (χ0n) is 24.6. The van der Waals surface area contributed by atoms with Crippen LogP contribution in [-0.4, -0.2) is 50.9 Å². The van der Waals surface area contributed by atoms with Crippen molar-refractivity contribution in [3.63, 3.8) is 0 Å². The second-order valence-electron chi connectivity index (χ2n) is 9.97. The summed E-state index contributed by atoms with van der Waals surface area (Å²) in [5.74, 6) is -0.146. The first-order valence-corrected chi connectivity index (χ1v) is 15.5. The molecule has 2 amide bonds. The largest absolute Gasteiger partial charge is 0.494 e. The summed E-state index contributed by atoms with van der Waals surface area (Å²) >= 11 is 0. The van der Waals surface area contributed by atoms with Crippen LogP contribution < -0.4 is 14.4 Å². The Balaban J connectivity index is 2.04. The van der Waals surface area contributed by atoms with E-state index in [9.17, 15) is 18.0 Å². The fourth-order valence-electron chi connectivity index (χ4n) is 4.42. The molecule has 0 spiro atoms. The molecule has 0 aliphatic rings. The second-order valence-corrected chi connectivity index (χ2v) is 11.8. The van der Waals surface area contributed by atoms with E-state index in [0.717, 1.165) is 27.4 Å². The molecule has 1 N–H and O–H groups in total. The van der Waals surface area contributed by atoms with Gasteiger partial charge in [-0.2, -0.15) is 0 Å². The lowest BCUT2D eigenvalue weighted by molar-refractivity contribution is -0.140. The van der Waals surface area contributed by atoms with Gasteiger partial charge in [-0.1, -0.05) is 61.4 Å². The summed E-state index contributed by atoms with van der Waals surface area (Å²) in [4.78, 5) is 28.8. The molecule has 0 fully saturated rings. The van der Waals surface area contributed by atoms with E-state index in [1.54, 1.807) is 36.4 Å². The SMILES string of the molecule is CCCNC(=O)[C@H](CC)N(Cc1ccc(C)cc1)C(=O)CN(c1ccc(OCC)cc1)S(=O)(=O)c1ccc(C)cc1. The van der Waals surface area contributed by atoms with Crippen molar-refractivity contribution in [2.75, 3.05) is 24.0 Å². The first-order valence-electron chi connectivity index (χ1n) is 14.1. The van der Waals surface area contributed by atoms with E-state index >= 15 is 0 Å². The van der Waals surface area contributed by atoms with Crippen molar-refractivity contribution < 1.29 is 22.7 Å². The van der Waals surface area contributed by atoms with Crippen LogP contribution in [0.25, 0.3) is 0 Å². The average Bonchev–Trinajstić information content (AvgIpc) is 2.96. The highest BCUT2D eigenvalue weighted by molar-refractivity contribution is 7.92. The van der Waals surface area contributed by atoms with Gasteiger partial charge in [0.1, 0.15) is 18.3 Å². The lowest BCUT2D eigenvalue weighted by atomic mass is 10.1. The number of anilines is 1. The summed E-state index contributed by atoms with van der Waals surface area (Å²) in [5.41, 5.74) is 3.16. The number of nitrogens with one attached hydrogen (secondary N) is 1. The number of aryl methyl sites for hydroxylation is 2. The number of hydrogen-bond acceptors (Lipinski definition) is 5. The highest BCUT2D eigenvalue weighted by Gasteiger charge is 2.33. The van der Waals surface area contributed by atoms with Gasteiger partial charge in [0.15, 0.2) is 0 Å². The number of benzene rings is 3. The number of rotatable bonds is 14. The summed E-state index contributed by atoms with van der Waals surface area (Å²) < 4.78 is 34.6. The summed E-state index contributed by atoms with van der Waals surface area (Å²) in [6, 6.07) is 20.1.